The van der Waals surface area contributed by atoms with Gasteiger partial charge in [0.1, 0.15) is 10.7 Å². The van der Waals surface area contributed by atoms with E-state index in [9.17, 15) is 8.78 Å². The van der Waals surface area contributed by atoms with Crippen molar-refractivity contribution in [3.8, 4) is 0 Å². The minimum atomic E-state index is -1.05. The third-order valence-corrected chi connectivity index (χ3v) is 3.20. The molecule has 7 heteroatoms. The smallest absolute Gasteiger partial charge is 0.182 e. The van der Waals surface area contributed by atoms with Crippen LogP contribution in [0.5, 0.6) is 0 Å². The lowest BCUT2D eigenvalue weighted by Crippen LogP contribution is -2.14. The van der Waals surface area contributed by atoms with Gasteiger partial charge in [0.2, 0.25) is 0 Å². The van der Waals surface area contributed by atoms with Gasteiger partial charge in [-0.05, 0) is 26.0 Å². The zero-order valence-electron chi connectivity index (χ0n) is 11.0. The van der Waals surface area contributed by atoms with Crippen LogP contribution in [0, 0.1) is 25.5 Å². The van der Waals surface area contributed by atoms with Crippen molar-refractivity contribution in [2.45, 2.75) is 20.4 Å². The van der Waals surface area contributed by atoms with E-state index in [2.05, 4.69) is 22.7 Å². The van der Waals surface area contributed by atoms with E-state index in [4.69, 9.17) is 10.3 Å². The highest BCUT2D eigenvalue weighted by molar-refractivity contribution is 7.80. The third kappa shape index (κ3) is 2.62. The molecule has 0 spiro atoms. The van der Waals surface area contributed by atoms with Crippen molar-refractivity contribution in [2.24, 2.45) is 5.73 Å². The highest BCUT2D eigenvalue weighted by atomic mass is 32.1. The first-order valence-corrected chi connectivity index (χ1v) is 6.26. The van der Waals surface area contributed by atoms with Crippen LogP contribution >= 0.6 is 12.2 Å². The Hall–Kier alpha value is -2.02. The van der Waals surface area contributed by atoms with Gasteiger partial charge in [0.15, 0.2) is 11.6 Å². The molecule has 0 aliphatic heterocycles. The van der Waals surface area contributed by atoms with Gasteiger partial charge in [-0.2, -0.15) is 0 Å². The summed E-state index contributed by atoms with van der Waals surface area (Å²) in [5, 5.41) is 6.59. The molecular weight excluding hydrogens is 284 g/mol. The number of aryl methyl sites for hydroxylation is 2. The molecule has 0 radical (unpaired) electrons. The van der Waals surface area contributed by atoms with E-state index >= 15 is 0 Å². The number of nitrogens with two attached hydrogens (primary N) is 1. The van der Waals surface area contributed by atoms with E-state index in [1.807, 2.05) is 0 Å². The normalized spacial score (nSPS) is 10.6. The summed E-state index contributed by atoms with van der Waals surface area (Å²) in [5.41, 5.74) is 6.74. The first kappa shape index (κ1) is 14.4. The summed E-state index contributed by atoms with van der Waals surface area (Å²) in [4.78, 5) is -0.182. The molecule has 1 aromatic heterocycles. The van der Waals surface area contributed by atoms with Crippen LogP contribution in [0.3, 0.4) is 0 Å². The van der Waals surface area contributed by atoms with Gasteiger partial charge in [0, 0.05) is 17.7 Å². The van der Waals surface area contributed by atoms with Crippen molar-refractivity contribution in [3.63, 3.8) is 0 Å². The maximum Gasteiger partial charge on any atom is 0.182 e. The predicted octanol–water partition coefficient (Wildman–Crippen LogP) is 2.82. The second-order valence-electron chi connectivity index (χ2n) is 4.31. The zero-order valence-corrected chi connectivity index (χ0v) is 11.8. The number of thiocarbonyl (C=S) groups is 1. The van der Waals surface area contributed by atoms with E-state index in [0.29, 0.717) is 11.5 Å². The molecule has 0 atom stereocenters. The SMILES string of the molecule is Cc1noc(C)c1CNc1ccc(C(N)=S)c(F)c1F. The van der Waals surface area contributed by atoms with Crippen molar-refractivity contribution in [1.82, 2.24) is 5.16 Å². The summed E-state index contributed by atoms with van der Waals surface area (Å²) in [6.45, 7) is 3.81. The largest absolute Gasteiger partial charge is 0.389 e. The van der Waals surface area contributed by atoms with Crippen molar-refractivity contribution in [1.29, 1.82) is 0 Å². The fourth-order valence-corrected chi connectivity index (χ4v) is 1.97. The zero-order chi connectivity index (χ0) is 14.9. The van der Waals surface area contributed by atoms with Crippen LogP contribution < -0.4 is 11.1 Å². The van der Waals surface area contributed by atoms with Gasteiger partial charge < -0.3 is 15.6 Å². The monoisotopic (exact) mass is 297 g/mol. The molecule has 20 heavy (non-hydrogen) atoms. The highest BCUT2D eigenvalue weighted by Crippen LogP contribution is 2.22. The summed E-state index contributed by atoms with van der Waals surface area (Å²) >= 11 is 4.65. The Kier molecular flexibility index (Phi) is 3.99. The van der Waals surface area contributed by atoms with E-state index in [1.165, 1.54) is 12.1 Å². The highest BCUT2D eigenvalue weighted by Gasteiger charge is 2.16. The summed E-state index contributed by atoms with van der Waals surface area (Å²) in [7, 11) is 0. The van der Waals surface area contributed by atoms with Crippen LogP contribution in [0.1, 0.15) is 22.6 Å². The number of hydrogen-bond acceptors (Lipinski definition) is 4. The number of nitrogens with zero attached hydrogens (tertiary/aromatic N) is 1. The maximum absolute atomic E-state index is 13.9. The van der Waals surface area contributed by atoms with Gasteiger partial charge in [-0.1, -0.05) is 17.4 Å². The van der Waals surface area contributed by atoms with Crippen LogP contribution in [0.15, 0.2) is 16.7 Å². The molecule has 0 aliphatic carbocycles. The fourth-order valence-electron chi connectivity index (χ4n) is 1.81. The Morgan fingerprint density at radius 2 is 2.05 bits per heavy atom. The van der Waals surface area contributed by atoms with Gasteiger partial charge >= 0.3 is 0 Å². The number of aromatic nitrogens is 1. The van der Waals surface area contributed by atoms with Gasteiger partial charge in [-0.25, -0.2) is 8.78 Å². The van der Waals surface area contributed by atoms with E-state index < -0.39 is 11.6 Å². The lowest BCUT2D eigenvalue weighted by molar-refractivity contribution is 0.392. The first-order valence-electron chi connectivity index (χ1n) is 5.85. The Bertz CT molecular complexity index is 650. The Morgan fingerprint density at radius 1 is 1.35 bits per heavy atom. The molecule has 106 valence electrons. The van der Waals surface area contributed by atoms with Gasteiger partial charge in [-0.15, -0.1) is 0 Å². The average Bonchev–Trinajstić information content (AvgIpc) is 2.71. The molecule has 0 fully saturated rings. The molecule has 1 aromatic carbocycles. The Morgan fingerprint density at radius 3 is 2.60 bits per heavy atom. The van der Waals surface area contributed by atoms with Gasteiger partial charge in [0.05, 0.1) is 11.4 Å². The van der Waals surface area contributed by atoms with Crippen molar-refractivity contribution in [2.75, 3.05) is 5.32 Å². The Labute approximate surface area is 119 Å². The van der Waals surface area contributed by atoms with Crippen LogP contribution in [-0.4, -0.2) is 10.1 Å². The number of nitrogens with one attached hydrogen (secondary N) is 1. The molecule has 0 unspecified atom stereocenters. The number of anilines is 1. The minimum absolute atomic E-state index is 0.0301. The summed E-state index contributed by atoms with van der Waals surface area (Å²) in [6.07, 6.45) is 0. The van der Waals surface area contributed by atoms with Crippen molar-refractivity contribution in [3.05, 3.63) is 46.3 Å². The standard InChI is InChI=1S/C13H13F2N3OS/c1-6-9(7(2)19-18-6)5-17-10-4-3-8(13(16)20)11(14)12(10)15/h3-4,17H,5H2,1-2H3,(H2,16,20). The minimum Gasteiger partial charge on any atom is -0.389 e. The number of benzene rings is 1. The van der Waals surface area contributed by atoms with E-state index in [0.717, 1.165) is 5.56 Å². The molecule has 2 aromatic rings. The topological polar surface area (TPSA) is 64.1 Å². The molecule has 3 N–H and O–H groups in total. The summed E-state index contributed by atoms with van der Waals surface area (Å²) in [6, 6.07) is 2.74. The second kappa shape index (κ2) is 5.54. The molecular formula is C13H13F2N3OS. The van der Waals surface area contributed by atoms with Crippen molar-refractivity contribution < 1.29 is 13.3 Å². The molecule has 2 rings (SSSR count). The molecule has 0 saturated heterocycles. The fraction of sp³-hybridized carbons (Fsp3) is 0.231. The molecule has 1 heterocycles. The van der Waals surface area contributed by atoms with Gasteiger partial charge in [0.25, 0.3) is 0 Å². The predicted molar refractivity (Wildman–Crippen MR) is 75.5 cm³/mol. The first-order chi connectivity index (χ1) is 9.41. The van der Waals surface area contributed by atoms with Crippen LogP contribution in [-0.2, 0) is 6.54 Å². The average molecular weight is 297 g/mol. The van der Waals surface area contributed by atoms with Crippen LogP contribution in [0.25, 0.3) is 0 Å². The molecule has 0 bridgehead atoms. The van der Waals surface area contributed by atoms with Crippen LogP contribution in [0.2, 0.25) is 0 Å². The molecule has 4 nitrogen and oxygen atoms in total. The second-order valence-corrected chi connectivity index (χ2v) is 4.75. The van der Waals surface area contributed by atoms with Gasteiger partial charge in [-0.3, -0.25) is 0 Å². The van der Waals surface area contributed by atoms with E-state index in [-0.39, 0.29) is 22.8 Å². The molecule has 0 amide bonds. The molecule has 0 aliphatic rings. The van der Waals surface area contributed by atoms with E-state index in [1.54, 1.807) is 13.8 Å². The summed E-state index contributed by atoms with van der Waals surface area (Å²) in [5.74, 6) is -1.43. The van der Waals surface area contributed by atoms with Crippen LogP contribution in [0.4, 0.5) is 14.5 Å². The summed E-state index contributed by atoms with van der Waals surface area (Å²) < 4.78 is 32.6. The quantitative estimate of drug-likeness (QED) is 0.850. The third-order valence-electron chi connectivity index (χ3n) is 2.98. The number of rotatable bonds is 4. The number of hydrogen-bond donors (Lipinski definition) is 2. The Balaban J connectivity index is 2.23. The number of halogens is 2. The molecule has 0 saturated carbocycles. The maximum atomic E-state index is 13.9. The van der Waals surface area contributed by atoms with Crippen molar-refractivity contribution >= 4 is 22.9 Å². The lowest BCUT2D eigenvalue weighted by atomic mass is 10.1. The lowest BCUT2D eigenvalue weighted by Gasteiger charge is -2.10.